The Morgan fingerprint density at radius 3 is 3.06 bits per heavy atom. The van der Waals surface area contributed by atoms with Gasteiger partial charge in [-0.15, -0.1) is 0 Å². The van der Waals surface area contributed by atoms with Crippen molar-refractivity contribution in [1.29, 1.82) is 0 Å². The van der Waals surface area contributed by atoms with E-state index in [9.17, 15) is 9.59 Å². The van der Waals surface area contributed by atoms with Gasteiger partial charge in [-0.1, -0.05) is 28.1 Å². The smallest absolute Gasteiger partial charge is 0.234 e. The van der Waals surface area contributed by atoms with Crippen molar-refractivity contribution in [3.05, 3.63) is 34.3 Å². The highest BCUT2D eigenvalue weighted by Gasteiger charge is 2.17. The predicted molar refractivity (Wildman–Crippen MR) is 72.5 cm³/mol. The number of hydrogen-bond acceptors (Lipinski definition) is 3. The first-order chi connectivity index (χ1) is 8.65. The van der Waals surface area contributed by atoms with Crippen LogP contribution in [0.25, 0.3) is 0 Å². The fourth-order valence-corrected chi connectivity index (χ4v) is 2.36. The fraction of sp³-hybridized carbons (Fsp3) is 0.385. The Morgan fingerprint density at radius 2 is 2.28 bits per heavy atom. The lowest BCUT2D eigenvalue weighted by atomic mass is 10.1. The van der Waals surface area contributed by atoms with Gasteiger partial charge >= 0.3 is 0 Å². The number of ketones is 1. The van der Waals surface area contributed by atoms with Crippen LogP contribution in [0.4, 0.5) is 0 Å². The van der Waals surface area contributed by atoms with Gasteiger partial charge in [-0.25, -0.2) is 0 Å². The molecule has 1 heterocycles. The Balaban J connectivity index is 2.00. The summed E-state index contributed by atoms with van der Waals surface area (Å²) < 4.78 is 0.891. The Kier molecular flexibility index (Phi) is 4.49. The van der Waals surface area contributed by atoms with Gasteiger partial charge in [-0.05, 0) is 18.6 Å². The number of rotatable bonds is 3. The molecular formula is C13H15BrN2O2. The molecule has 0 spiro atoms. The average molecular weight is 311 g/mol. The van der Waals surface area contributed by atoms with Gasteiger partial charge in [0.2, 0.25) is 5.91 Å². The Labute approximate surface area is 114 Å². The van der Waals surface area contributed by atoms with E-state index >= 15 is 0 Å². The highest BCUT2D eigenvalue weighted by Crippen LogP contribution is 2.12. The summed E-state index contributed by atoms with van der Waals surface area (Å²) in [6.45, 7) is 2.07. The minimum absolute atomic E-state index is 0.00505. The summed E-state index contributed by atoms with van der Waals surface area (Å²) in [7, 11) is 0. The summed E-state index contributed by atoms with van der Waals surface area (Å²) in [5, 5.41) is 2.80. The standard InChI is InChI=1S/C13H15BrN2O2/c14-11-4-1-3-10(7-11)12(17)8-16-6-2-5-15-13(18)9-16/h1,3-4,7H,2,5-6,8-9H2,(H,15,18). The zero-order valence-electron chi connectivity index (χ0n) is 9.99. The summed E-state index contributed by atoms with van der Waals surface area (Å²) in [4.78, 5) is 25.4. The van der Waals surface area contributed by atoms with E-state index in [1.165, 1.54) is 0 Å². The van der Waals surface area contributed by atoms with Gasteiger partial charge in [0.15, 0.2) is 5.78 Å². The third kappa shape index (κ3) is 3.65. The topological polar surface area (TPSA) is 49.4 Å². The number of carbonyl (C=O) groups is 2. The van der Waals surface area contributed by atoms with Crippen LogP contribution in [0.1, 0.15) is 16.8 Å². The SMILES string of the molecule is O=C1CN(CC(=O)c2cccc(Br)c2)CCCN1. The van der Waals surface area contributed by atoms with E-state index < -0.39 is 0 Å². The van der Waals surface area contributed by atoms with Crippen LogP contribution in [0, 0.1) is 0 Å². The summed E-state index contributed by atoms with van der Waals surface area (Å²) in [6, 6.07) is 7.33. The maximum Gasteiger partial charge on any atom is 0.234 e. The maximum atomic E-state index is 12.1. The average Bonchev–Trinajstić information content (AvgIpc) is 2.53. The molecule has 1 aromatic rings. The van der Waals surface area contributed by atoms with Crippen molar-refractivity contribution in [3.8, 4) is 0 Å². The van der Waals surface area contributed by atoms with Crippen molar-refractivity contribution in [2.75, 3.05) is 26.2 Å². The van der Waals surface area contributed by atoms with Gasteiger partial charge in [-0.2, -0.15) is 0 Å². The second-order valence-electron chi connectivity index (χ2n) is 4.35. The van der Waals surface area contributed by atoms with Crippen LogP contribution in [0.15, 0.2) is 28.7 Å². The van der Waals surface area contributed by atoms with Crippen LogP contribution in [-0.4, -0.2) is 42.8 Å². The van der Waals surface area contributed by atoms with Gasteiger partial charge < -0.3 is 5.32 Å². The first-order valence-electron chi connectivity index (χ1n) is 5.93. The molecule has 0 unspecified atom stereocenters. The van der Waals surface area contributed by atoms with E-state index in [1.54, 1.807) is 12.1 Å². The molecule has 5 heteroatoms. The van der Waals surface area contributed by atoms with Crippen LogP contribution in [-0.2, 0) is 4.79 Å². The number of benzene rings is 1. The molecule has 0 atom stereocenters. The van der Waals surface area contributed by atoms with Crippen LogP contribution in [0.3, 0.4) is 0 Å². The molecule has 4 nitrogen and oxygen atoms in total. The van der Waals surface area contributed by atoms with E-state index in [0.717, 1.165) is 17.4 Å². The van der Waals surface area contributed by atoms with Crippen molar-refractivity contribution >= 4 is 27.6 Å². The fourth-order valence-electron chi connectivity index (χ4n) is 1.96. The Hall–Kier alpha value is -1.20. The van der Waals surface area contributed by atoms with E-state index in [-0.39, 0.29) is 11.7 Å². The van der Waals surface area contributed by atoms with Crippen LogP contribution in [0.2, 0.25) is 0 Å². The molecule has 0 radical (unpaired) electrons. The second-order valence-corrected chi connectivity index (χ2v) is 5.26. The number of amides is 1. The molecule has 2 rings (SSSR count). The van der Waals surface area contributed by atoms with E-state index in [0.29, 0.717) is 25.2 Å². The summed E-state index contributed by atoms with van der Waals surface area (Å²) in [5.74, 6) is 0.0422. The lowest BCUT2D eigenvalue weighted by molar-refractivity contribution is -0.121. The summed E-state index contributed by atoms with van der Waals surface area (Å²) >= 11 is 3.35. The number of halogens is 1. The minimum Gasteiger partial charge on any atom is -0.355 e. The van der Waals surface area contributed by atoms with Crippen molar-refractivity contribution in [2.24, 2.45) is 0 Å². The monoisotopic (exact) mass is 310 g/mol. The van der Waals surface area contributed by atoms with Gasteiger partial charge in [-0.3, -0.25) is 14.5 Å². The van der Waals surface area contributed by atoms with Crippen molar-refractivity contribution < 1.29 is 9.59 Å². The summed E-state index contributed by atoms with van der Waals surface area (Å²) in [5.41, 5.74) is 0.675. The van der Waals surface area contributed by atoms with Gasteiger partial charge in [0.25, 0.3) is 0 Å². The number of hydrogen-bond donors (Lipinski definition) is 1. The molecule has 1 amide bonds. The molecule has 18 heavy (non-hydrogen) atoms. The van der Waals surface area contributed by atoms with E-state index in [2.05, 4.69) is 21.2 Å². The number of nitrogens with one attached hydrogen (secondary N) is 1. The number of carbonyl (C=O) groups excluding carboxylic acids is 2. The molecule has 1 aliphatic heterocycles. The molecule has 1 aromatic carbocycles. The Bertz CT molecular complexity index is 462. The minimum atomic E-state index is -0.00505. The molecule has 1 saturated heterocycles. The van der Waals surface area contributed by atoms with Crippen molar-refractivity contribution in [3.63, 3.8) is 0 Å². The van der Waals surface area contributed by atoms with Crippen LogP contribution in [0.5, 0.6) is 0 Å². The first kappa shape index (κ1) is 13.2. The molecule has 0 saturated carbocycles. The molecule has 1 aliphatic rings. The summed E-state index contributed by atoms with van der Waals surface area (Å²) in [6.07, 6.45) is 0.886. The van der Waals surface area contributed by atoms with E-state index in [4.69, 9.17) is 0 Å². The Morgan fingerprint density at radius 1 is 1.44 bits per heavy atom. The highest BCUT2D eigenvalue weighted by atomic mass is 79.9. The number of Topliss-reactive ketones (excluding diaryl/α,β-unsaturated/α-hetero) is 1. The third-order valence-electron chi connectivity index (χ3n) is 2.85. The van der Waals surface area contributed by atoms with E-state index in [1.807, 2.05) is 17.0 Å². The van der Waals surface area contributed by atoms with Gasteiger partial charge in [0.1, 0.15) is 0 Å². The van der Waals surface area contributed by atoms with Crippen molar-refractivity contribution in [1.82, 2.24) is 10.2 Å². The molecule has 0 aliphatic carbocycles. The largest absolute Gasteiger partial charge is 0.355 e. The first-order valence-corrected chi connectivity index (χ1v) is 6.72. The van der Waals surface area contributed by atoms with Crippen LogP contribution < -0.4 is 5.32 Å². The molecule has 96 valence electrons. The highest BCUT2D eigenvalue weighted by molar-refractivity contribution is 9.10. The second kappa shape index (κ2) is 6.11. The van der Waals surface area contributed by atoms with Crippen LogP contribution >= 0.6 is 15.9 Å². The van der Waals surface area contributed by atoms with Crippen molar-refractivity contribution in [2.45, 2.75) is 6.42 Å². The lowest BCUT2D eigenvalue weighted by Crippen LogP contribution is -2.36. The maximum absolute atomic E-state index is 12.1. The third-order valence-corrected chi connectivity index (χ3v) is 3.35. The molecule has 1 fully saturated rings. The quantitative estimate of drug-likeness (QED) is 0.860. The zero-order chi connectivity index (χ0) is 13.0. The lowest BCUT2D eigenvalue weighted by Gasteiger charge is -2.17. The predicted octanol–water partition coefficient (Wildman–Crippen LogP) is 1.45. The molecule has 1 N–H and O–H groups in total. The molecule has 0 bridgehead atoms. The van der Waals surface area contributed by atoms with Gasteiger partial charge in [0.05, 0.1) is 13.1 Å². The molecular weight excluding hydrogens is 296 g/mol. The zero-order valence-corrected chi connectivity index (χ0v) is 11.6. The van der Waals surface area contributed by atoms with Gasteiger partial charge in [0, 0.05) is 23.1 Å². The molecule has 0 aromatic heterocycles. The normalized spacial score (nSPS) is 17.1. The number of nitrogens with zero attached hydrogens (tertiary/aromatic N) is 1.